The van der Waals surface area contributed by atoms with E-state index in [-0.39, 0.29) is 0 Å². The standard InChI is InChI=1S/C10H13N3/c1-4-6-7(3)9-8(5-2)10(11)13-12-9/h4-6H,1-2H2,3H3,(H3,11,12,13)/b7-6-. The number of H-pyrrole nitrogens is 1. The van der Waals surface area contributed by atoms with Crippen molar-refractivity contribution >= 4 is 17.5 Å². The second-order valence-corrected chi connectivity index (χ2v) is 2.69. The largest absolute Gasteiger partial charge is 0.382 e. The number of anilines is 1. The normalized spacial score (nSPS) is 11.3. The van der Waals surface area contributed by atoms with Crippen LogP contribution in [0.2, 0.25) is 0 Å². The number of nitrogens with one attached hydrogen (secondary N) is 1. The van der Waals surface area contributed by atoms with Gasteiger partial charge in [0.05, 0.1) is 5.69 Å². The Bertz CT molecular complexity index is 358. The highest BCUT2D eigenvalue weighted by Crippen LogP contribution is 2.21. The van der Waals surface area contributed by atoms with Crippen molar-refractivity contribution in [1.82, 2.24) is 10.2 Å². The van der Waals surface area contributed by atoms with E-state index in [1.54, 1.807) is 12.2 Å². The van der Waals surface area contributed by atoms with Crippen molar-refractivity contribution in [1.29, 1.82) is 0 Å². The Balaban J connectivity index is 3.21. The summed E-state index contributed by atoms with van der Waals surface area (Å²) in [6, 6.07) is 0. The van der Waals surface area contributed by atoms with Crippen LogP contribution >= 0.6 is 0 Å². The topological polar surface area (TPSA) is 54.7 Å². The zero-order valence-electron chi connectivity index (χ0n) is 7.67. The first kappa shape index (κ1) is 9.32. The lowest BCUT2D eigenvalue weighted by molar-refractivity contribution is 1.08. The van der Waals surface area contributed by atoms with Gasteiger partial charge in [-0.1, -0.05) is 31.4 Å². The molecule has 0 radical (unpaired) electrons. The lowest BCUT2D eigenvalue weighted by Crippen LogP contribution is -1.87. The molecule has 0 aliphatic carbocycles. The molecule has 0 atom stereocenters. The van der Waals surface area contributed by atoms with E-state index in [0.717, 1.165) is 16.8 Å². The maximum atomic E-state index is 5.62. The molecule has 1 heterocycles. The highest BCUT2D eigenvalue weighted by molar-refractivity contribution is 5.76. The molecular weight excluding hydrogens is 162 g/mol. The molecule has 0 saturated heterocycles. The Morgan fingerprint density at radius 1 is 1.54 bits per heavy atom. The van der Waals surface area contributed by atoms with E-state index in [9.17, 15) is 0 Å². The first-order valence-electron chi connectivity index (χ1n) is 3.96. The van der Waals surface area contributed by atoms with E-state index in [1.165, 1.54) is 0 Å². The van der Waals surface area contributed by atoms with E-state index in [4.69, 9.17) is 5.73 Å². The fraction of sp³-hybridized carbons (Fsp3) is 0.100. The highest BCUT2D eigenvalue weighted by Gasteiger charge is 2.07. The van der Waals surface area contributed by atoms with Crippen LogP contribution < -0.4 is 5.73 Å². The minimum Gasteiger partial charge on any atom is -0.382 e. The Hall–Kier alpha value is -1.77. The molecule has 1 aromatic heterocycles. The lowest BCUT2D eigenvalue weighted by Gasteiger charge is -1.97. The number of nitrogens with zero attached hydrogens (tertiary/aromatic N) is 1. The number of nitrogen functional groups attached to an aromatic ring is 1. The summed E-state index contributed by atoms with van der Waals surface area (Å²) in [4.78, 5) is 0. The molecule has 0 saturated carbocycles. The van der Waals surface area contributed by atoms with Crippen LogP contribution in [0.5, 0.6) is 0 Å². The van der Waals surface area contributed by atoms with Crippen LogP contribution in [0.15, 0.2) is 25.3 Å². The van der Waals surface area contributed by atoms with Gasteiger partial charge in [0.2, 0.25) is 0 Å². The van der Waals surface area contributed by atoms with Crippen LogP contribution in [-0.4, -0.2) is 10.2 Å². The fourth-order valence-electron chi connectivity index (χ4n) is 1.13. The van der Waals surface area contributed by atoms with E-state index in [2.05, 4.69) is 23.4 Å². The van der Waals surface area contributed by atoms with Gasteiger partial charge in [0, 0.05) is 5.56 Å². The molecule has 3 N–H and O–H groups in total. The van der Waals surface area contributed by atoms with Crippen LogP contribution in [0.25, 0.3) is 11.6 Å². The zero-order valence-corrected chi connectivity index (χ0v) is 7.67. The van der Waals surface area contributed by atoms with E-state index in [1.807, 2.05) is 13.0 Å². The quantitative estimate of drug-likeness (QED) is 0.692. The van der Waals surface area contributed by atoms with Gasteiger partial charge >= 0.3 is 0 Å². The Kier molecular flexibility index (Phi) is 2.69. The first-order chi connectivity index (χ1) is 6.20. The SMILES string of the molecule is C=C/C=C(/C)c1[nH]nc(N)c1C=C. The van der Waals surface area contributed by atoms with Gasteiger partial charge in [-0.15, -0.1) is 0 Å². The number of nitrogens with two attached hydrogens (primary N) is 1. The molecule has 0 spiro atoms. The molecule has 0 amide bonds. The van der Waals surface area contributed by atoms with Crippen molar-refractivity contribution < 1.29 is 0 Å². The van der Waals surface area contributed by atoms with Crippen molar-refractivity contribution in [3.8, 4) is 0 Å². The Morgan fingerprint density at radius 2 is 2.23 bits per heavy atom. The number of rotatable bonds is 3. The average molecular weight is 175 g/mol. The summed E-state index contributed by atoms with van der Waals surface area (Å²) in [6.07, 6.45) is 5.30. The Morgan fingerprint density at radius 3 is 2.77 bits per heavy atom. The second kappa shape index (κ2) is 3.76. The molecule has 0 aliphatic rings. The number of allylic oxidation sites excluding steroid dienone is 3. The van der Waals surface area contributed by atoms with Crippen molar-refractivity contribution in [2.45, 2.75) is 6.92 Å². The minimum atomic E-state index is 0.474. The molecule has 3 heteroatoms. The number of aromatic nitrogens is 2. The van der Waals surface area contributed by atoms with Gasteiger partial charge in [-0.3, -0.25) is 5.10 Å². The van der Waals surface area contributed by atoms with Crippen LogP contribution in [0.4, 0.5) is 5.82 Å². The maximum absolute atomic E-state index is 5.62. The molecule has 0 aliphatic heterocycles. The first-order valence-corrected chi connectivity index (χ1v) is 3.96. The smallest absolute Gasteiger partial charge is 0.153 e. The molecule has 0 unspecified atom stereocenters. The Labute approximate surface area is 77.7 Å². The fourth-order valence-corrected chi connectivity index (χ4v) is 1.13. The van der Waals surface area contributed by atoms with Gasteiger partial charge in [0.25, 0.3) is 0 Å². The van der Waals surface area contributed by atoms with Crippen molar-refractivity contribution in [3.05, 3.63) is 36.6 Å². The van der Waals surface area contributed by atoms with E-state index >= 15 is 0 Å². The molecular formula is C10H13N3. The van der Waals surface area contributed by atoms with E-state index in [0.29, 0.717) is 5.82 Å². The predicted octanol–water partition coefficient (Wildman–Crippen LogP) is 2.22. The van der Waals surface area contributed by atoms with Gasteiger partial charge in [-0.05, 0) is 12.5 Å². The van der Waals surface area contributed by atoms with Gasteiger partial charge in [-0.2, -0.15) is 5.10 Å². The molecule has 1 aromatic rings. The molecule has 3 nitrogen and oxygen atoms in total. The van der Waals surface area contributed by atoms with Crippen LogP contribution in [0.3, 0.4) is 0 Å². The third kappa shape index (κ3) is 1.69. The lowest BCUT2D eigenvalue weighted by atomic mass is 10.1. The van der Waals surface area contributed by atoms with Gasteiger partial charge in [0.1, 0.15) is 0 Å². The summed E-state index contributed by atoms with van der Waals surface area (Å²) >= 11 is 0. The third-order valence-electron chi connectivity index (χ3n) is 1.80. The van der Waals surface area contributed by atoms with Crippen molar-refractivity contribution in [2.75, 3.05) is 5.73 Å². The molecule has 0 fully saturated rings. The zero-order chi connectivity index (χ0) is 9.84. The number of aromatic amines is 1. The predicted molar refractivity (Wildman–Crippen MR) is 56.9 cm³/mol. The third-order valence-corrected chi connectivity index (χ3v) is 1.80. The van der Waals surface area contributed by atoms with Crippen LogP contribution in [0.1, 0.15) is 18.2 Å². The monoisotopic (exact) mass is 175 g/mol. The average Bonchev–Trinajstić information content (AvgIpc) is 2.47. The van der Waals surface area contributed by atoms with Crippen molar-refractivity contribution in [2.24, 2.45) is 0 Å². The summed E-state index contributed by atoms with van der Waals surface area (Å²) in [5.74, 6) is 0.474. The molecule has 0 aromatic carbocycles. The second-order valence-electron chi connectivity index (χ2n) is 2.69. The van der Waals surface area contributed by atoms with Gasteiger partial charge in [-0.25, -0.2) is 0 Å². The summed E-state index contributed by atoms with van der Waals surface area (Å²) in [7, 11) is 0. The van der Waals surface area contributed by atoms with Crippen LogP contribution in [-0.2, 0) is 0 Å². The number of hydrogen-bond acceptors (Lipinski definition) is 2. The summed E-state index contributed by atoms with van der Waals surface area (Å²) in [5.41, 5.74) is 8.39. The van der Waals surface area contributed by atoms with E-state index < -0.39 is 0 Å². The summed E-state index contributed by atoms with van der Waals surface area (Å²) < 4.78 is 0. The van der Waals surface area contributed by atoms with Crippen molar-refractivity contribution in [3.63, 3.8) is 0 Å². The maximum Gasteiger partial charge on any atom is 0.153 e. The highest BCUT2D eigenvalue weighted by atomic mass is 15.2. The molecule has 1 rings (SSSR count). The summed E-state index contributed by atoms with van der Waals surface area (Å²) in [5, 5.41) is 6.74. The molecule has 0 bridgehead atoms. The van der Waals surface area contributed by atoms with Crippen LogP contribution in [0, 0.1) is 0 Å². The number of hydrogen-bond donors (Lipinski definition) is 2. The molecule has 13 heavy (non-hydrogen) atoms. The minimum absolute atomic E-state index is 0.474. The van der Waals surface area contributed by atoms with Gasteiger partial charge in [0.15, 0.2) is 5.82 Å². The molecule has 68 valence electrons. The van der Waals surface area contributed by atoms with Gasteiger partial charge < -0.3 is 5.73 Å². The summed E-state index contributed by atoms with van der Waals surface area (Å²) in [6.45, 7) is 9.25.